The highest BCUT2D eigenvalue weighted by molar-refractivity contribution is 4.70. The van der Waals surface area contributed by atoms with Crippen LogP contribution in [0.2, 0.25) is 0 Å². The third kappa shape index (κ3) is 2.82. The normalized spacial score (nSPS) is 17.3. The Morgan fingerprint density at radius 1 is 1.56 bits per heavy atom. The summed E-state index contributed by atoms with van der Waals surface area (Å²) >= 11 is 0. The van der Waals surface area contributed by atoms with E-state index >= 15 is 0 Å². The van der Waals surface area contributed by atoms with Gasteiger partial charge in [0.2, 0.25) is 0 Å². The maximum atomic E-state index is 5.50. The first-order valence-electron chi connectivity index (χ1n) is 3.63. The fourth-order valence-electron chi connectivity index (χ4n) is 0.919. The highest BCUT2D eigenvalue weighted by atomic mass is 14.9. The van der Waals surface area contributed by atoms with Gasteiger partial charge < -0.3 is 11.1 Å². The van der Waals surface area contributed by atoms with Gasteiger partial charge in [-0.15, -0.1) is 0 Å². The summed E-state index contributed by atoms with van der Waals surface area (Å²) in [6.45, 7) is 5.14. The van der Waals surface area contributed by atoms with Crippen molar-refractivity contribution in [1.29, 1.82) is 0 Å². The molecule has 0 rings (SSSR count). The molecule has 0 saturated carbocycles. The second kappa shape index (κ2) is 4.77. The summed E-state index contributed by atoms with van der Waals surface area (Å²) in [6.07, 6.45) is 1.20. The molecule has 2 heteroatoms. The van der Waals surface area contributed by atoms with Crippen LogP contribution in [0.5, 0.6) is 0 Å². The second-order valence-corrected chi connectivity index (χ2v) is 2.52. The average molecular weight is 130 g/mol. The van der Waals surface area contributed by atoms with Crippen LogP contribution in [0, 0.1) is 5.92 Å². The highest BCUT2D eigenvalue weighted by Crippen LogP contribution is 2.04. The molecule has 56 valence electrons. The molecule has 0 saturated heterocycles. The van der Waals surface area contributed by atoms with Crippen LogP contribution in [0.15, 0.2) is 0 Å². The largest absolute Gasteiger partial charge is 0.329 e. The lowest BCUT2D eigenvalue weighted by atomic mass is 10.00. The van der Waals surface area contributed by atoms with Crippen LogP contribution in [-0.4, -0.2) is 19.6 Å². The van der Waals surface area contributed by atoms with E-state index < -0.39 is 0 Å². The molecule has 9 heavy (non-hydrogen) atoms. The molecule has 2 nitrogen and oxygen atoms in total. The van der Waals surface area contributed by atoms with Gasteiger partial charge in [0.25, 0.3) is 0 Å². The van der Waals surface area contributed by atoms with Crippen molar-refractivity contribution < 1.29 is 0 Å². The van der Waals surface area contributed by atoms with Crippen molar-refractivity contribution in [3.05, 3.63) is 0 Å². The van der Waals surface area contributed by atoms with Crippen molar-refractivity contribution in [1.82, 2.24) is 5.32 Å². The molecule has 0 aromatic rings. The van der Waals surface area contributed by atoms with Crippen molar-refractivity contribution in [3.63, 3.8) is 0 Å². The second-order valence-electron chi connectivity index (χ2n) is 2.52. The summed E-state index contributed by atoms with van der Waals surface area (Å²) in [6, 6.07) is 0.495. The van der Waals surface area contributed by atoms with Gasteiger partial charge in [0, 0.05) is 12.6 Å². The van der Waals surface area contributed by atoms with E-state index in [1.165, 1.54) is 6.42 Å². The lowest BCUT2D eigenvalue weighted by molar-refractivity contribution is 0.396. The first-order valence-corrected chi connectivity index (χ1v) is 3.63. The third-order valence-electron chi connectivity index (χ3n) is 1.96. The van der Waals surface area contributed by atoms with Gasteiger partial charge in [-0.05, 0) is 13.0 Å². The van der Waals surface area contributed by atoms with Crippen molar-refractivity contribution in [2.45, 2.75) is 26.3 Å². The van der Waals surface area contributed by atoms with Gasteiger partial charge in [-0.25, -0.2) is 0 Å². The number of nitrogens with two attached hydrogens (primary N) is 1. The molecule has 0 aromatic heterocycles. The summed E-state index contributed by atoms with van der Waals surface area (Å²) in [5, 5.41) is 3.18. The van der Waals surface area contributed by atoms with Gasteiger partial charge >= 0.3 is 0 Å². The van der Waals surface area contributed by atoms with E-state index in [4.69, 9.17) is 5.73 Å². The molecule has 0 spiro atoms. The fourth-order valence-corrected chi connectivity index (χ4v) is 0.919. The van der Waals surface area contributed by atoms with E-state index in [0.29, 0.717) is 12.0 Å². The molecule has 0 heterocycles. The first-order chi connectivity index (χ1) is 4.26. The monoisotopic (exact) mass is 130 g/mol. The van der Waals surface area contributed by atoms with E-state index in [-0.39, 0.29) is 0 Å². The minimum absolute atomic E-state index is 0.495. The molecule has 0 fully saturated rings. The van der Waals surface area contributed by atoms with E-state index in [1.54, 1.807) is 0 Å². The molecular formula is C7H18N2. The van der Waals surface area contributed by atoms with E-state index in [0.717, 1.165) is 6.54 Å². The van der Waals surface area contributed by atoms with Gasteiger partial charge in [0.15, 0.2) is 0 Å². The third-order valence-corrected chi connectivity index (χ3v) is 1.96. The average Bonchev–Trinajstić information content (AvgIpc) is 1.90. The van der Waals surface area contributed by atoms with Crippen LogP contribution >= 0.6 is 0 Å². The number of likely N-dealkylation sites (N-methyl/N-ethyl adjacent to an activating group) is 1. The molecule has 2 atom stereocenters. The van der Waals surface area contributed by atoms with Crippen LogP contribution in [-0.2, 0) is 0 Å². The van der Waals surface area contributed by atoms with E-state index in [2.05, 4.69) is 19.2 Å². The number of hydrogen-bond acceptors (Lipinski definition) is 2. The molecule has 0 aromatic carbocycles. The zero-order valence-electron chi connectivity index (χ0n) is 6.65. The number of rotatable bonds is 4. The Balaban J connectivity index is 3.50. The standard InChI is InChI=1S/C7H18N2/c1-4-6(2)7(5-8)9-3/h6-7,9H,4-5,8H2,1-3H3/t6-,7-/m1/s1. The molecule has 3 N–H and O–H groups in total. The molecule has 0 bridgehead atoms. The summed E-state index contributed by atoms with van der Waals surface area (Å²) in [4.78, 5) is 0. The molecule has 0 aliphatic carbocycles. The van der Waals surface area contributed by atoms with Gasteiger partial charge in [0.1, 0.15) is 0 Å². The SMILES string of the molecule is CC[C@@H](C)[C@@H](CN)NC. The number of nitrogens with one attached hydrogen (secondary N) is 1. The molecule has 0 unspecified atom stereocenters. The minimum atomic E-state index is 0.495. The Labute approximate surface area is 57.8 Å². The fraction of sp³-hybridized carbons (Fsp3) is 1.00. The summed E-state index contributed by atoms with van der Waals surface area (Å²) in [7, 11) is 1.96. The Bertz CT molecular complexity index is 59.9. The molecule has 0 amide bonds. The molecule has 0 radical (unpaired) electrons. The van der Waals surface area contributed by atoms with Crippen molar-refractivity contribution in [2.75, 3.05) is 13.6 Å². The van der Waals surface area contributed by atoms with Crippen LogP contribution < -0.4 is 11.1 Å². The minimum Gasteiger partial charge on any atom is -0.329 e. The summed E-state index contributed by atoms with van der Waals surface area (Å²) in [5.41, 5.74) is 5.50. The smallest absolute Gasteiger partial charge is 0.0212 e. The van der Waals surface area contributed by atoms with Crippen LogP contribution in [0.3, 0.4) is 0 Å². The highest BCUT2D eigenvalue weighted by Gasteiger charge is 2.09. The maximum Gasteiger partial charge on any atom is 0.0212 e. The van der Waals surface area contributed by atoms with Gasteiger partial charge in [-0.3, -0.25) is 0 Å². The number of hydrogen-bond donors (Lipinski definition) is 2. The predicted octanol–water partition coefficient (Wildman–Crippen LogP) is 0.579. The lowest BCUT2D eigenvalue weighted by Gasteiger charge is -2.19. The first kappa shape index (κ1) is 8.92. The summed E-state index contributed by atoms with van der Waals surface area (Å²) in [5.74, 6) is 0.694. The van der Waals surface area contributed by atoms with Crippen LogP contribution in [0.1, 0.15) is 20.3 Å². The maximum absolute atomic E-state index is 5.50. The van der Waals surface area contributed by atoms with Gasteiger partial charge in [-0.2, -0.15) is 0 Å². The van der Waals surface area contributed by atoms with E-state index in [1.807, 2.05) is 7.05 Å². The van der Waals surface area contributed by atoms with Crippen molar-refractivity contribution in [3.8, 4) is 0 Å². The van der Waals surface area contributed by atoms with Gasteiger partial charge in [-0.1, -0.05) is 20.3 Å². The Morgan fingerprint density at radius 3 is 2.22 bits per heavy atom. The quantitative estimate of drug-likeness (QED) is 0.584. The predicted molar refractivity (Wildman–Crippen MR) is 41.4 cm³/mol. The Kier molecular flexibility index (Phi) is 4.72. The summed E-state index contributed by atoms with van der Waals surface area (Å²) < 4.78 is 0. The van der Waals surface area contributed by atoms with Crippen molar-refractivity contribution >= 4 is 0 Å². The zero-order chi connectivity index (χ0) is 7.28. The topological polar surface area (TPSA) is 38.0 Å². The molecular weight excluding hydrogens is 112 g/mol. The van der Waals surface area contributed by atoms with Crippen molar-refractivity contribution in [2.24, 2.45) is 11.7 Å². The zero-order valence-corrected chi connectivity index (χ0v) is 6.65. The Morgan fingerprint density at radius 2 is 2.11 bits per heavy atom. The van der Waals surface area contributed by atoms with Crippen LogP contribution in [0.4, 0.5) is 0 Å². The molecule has 0 aliphatic heterocycles. The van der Waals surface area contributed by atoms with E-state index in [9.17, 15) is 0 Å². The lowest BCUT2D eigenvalue weighted by Crippen LogP contribution is -2.38. The Hall–Kier alpha value is -0.0800. The van der Waals surface area contributed by atoms with Crippen LogP contribution in [0.25, 0.3) is 0 Å². The molecule has 0 aliphatic rings. The van der Waals surface area contributed by atoms with Gasteiger partial charge in [0.05, 0.1) is 0 Å².